The Morgan fingerprint density at radius 3 is 2.46 bits per heavy atom. The van der Waals surface area contributed by atoms with Crippen LogP contribution in [0, 0.1) is 11.3 Å². The summed E-state index contributed by atoms with van der Waals surface area (Å²) in [4.78, 5) is 42.1. The second kappa shape index (κ2) is 8.79. The van der Waals surface area contributed by atoms with Crippen molar-refractivity contribution in [1.82, 2.24) is 9.80 Å². The third-order valence-electron chi connectivity index (χ3n) is 5.96. The first-order valence-electron chi connectivity index (χ1n) is 10.5. The summed E-state index contributed by atoms with van der Waals surface area (Å²) in [7, 11) is 1.55. The van der Waals surface area contributed by atoms with Crippen LogP contribution in [0.4, 0.5) is 23.7 Å². The van der Waals surface area contributed by atoms with E-state index in [1.165, 1.54) is 35.2 Å². The van der Waals surface area contributed by atoms with E-state index in [-0.39, 0.29) is 29.9 Å². The molecule has 2 aromatic rings. The molecule has 2 aromatic carbocycles. The Balaban J connectivity index is 1.96. The van der Waals surface area contributed by atoms with E-state index in [2.05, 4.69) is 0 Å². The van der Waals surface area contributed by atoms with E-state index in [9.17, 15) is 32.7 Å². The number of hydrogen-bond acceptors (Lipinski definition) is 4. The topological polar surface area (TPSA) is 105 Å². The maximum absolute atomic E-state index is 13.7. The number of nitrogens with zero attached hydrogens (tertiary/aromatic N) is 4. The van der Waals surface area contributed by atoms with Crippen molar-refractivity contribution in [3.63, 3.8) is 0 Å². The normalized spacial score (nSPS) is 18.5. The van der Waals surface area contributed by atoms with Gasteiger partial charge in [0, 0.05) is 25.7 Å². The molecule has 0 saturated carbocycles. The zero-order valence-corrected chi connectivity index (χ0v) is 18.4. The van der Waals surface area contributed by atoms with Crippen LogP contribution in [0.15, 0.2) is 59.8 Å². The molecule has 2 aliphatic rings. The minimum absolute atomic E-state index is 0.0988. The third-order valence-corrected chi connectivity index (χ3v) is 5.96. The quantitative estimate of drug-likeness (QED) is 0.712. The van der Waals surface area contributed by atoms with Crippen molar-refractivity contribution in [3.05, 3.63) is 76.5 Å². The van der Waals surface area contributed by atoms with Crippen LogP contribution in [0.5, 0.6) is 0 Å². The highest BCUT2D eigenvalue weighted by atomic mass is 19.4. The van der Waals surface area contributed by atoms with Crippen molar-refractivity contribution < 1.29 is 32.7 Å². The summed E-state index contributed by atoms with van der Waals surface area (Å²) >= 11 is 0. The predicted octanol–water partition coefficient (Wildman–Crippen LogP) is 3.76. The molecular formula is C24H19F3N4O4. The molecule has 4 rings (SSSR count). The maximum Gasteiger partial charge on any atom is 0.416 e. The largest absolute Gasteiger partial charge is 0.480 e. The van der Waals surface area contributed by atoms with Crippen LogP contribution in [-0.4, -0.2) is 53.0 Å². The van der Waals surface area contributed by atoms with E-state index in [1.807, 2.05) is 6.07 Å². The number of amides is 3. The van der Waals surface area contributed by atoms with Crippen molar-refractivity contribution in [3.8, 4) is 6.07 Å². The average Bonchev–Trinajstić information content (AvgIpc) is 2.82. The smallest absolute Gasteiger partial charge is 0.416 e. The van der Waals surface area contributed by atoms with Gasteiger partial charge in [-0.05, 0) is 35.9 Å². The van der Waals surface area contributed by atoms with Crippen molar-refractivity contribution in [2.45, 2.75) is 18.6 Å². The van der Waals surface area contributed by atoms with Gasteiger partial charge in [0.1, 0.15) is 6.54 Å². The van der Waals surface area contributed by atoms with Crippen LogP contribution in [0.25, 0.3) is 0 Å². The molecule has 0 radical (unpaired) electrons. The molecule has 3 amide bonds. The zero-order valence-electron chi connectivity index (χ0n) is 18.4. The van der Waals surface area contributed by atoms with Gasteiger partial charge in [-0.2, -0.15) is 18.4 Å². The van der Waals surface area contributed by atoms with E-state index in [1.54, 1.807) is 7.05 Å². The number of alkyl halides is 3. The van der Waals surface area contributed by atoms with Crippen molar-refractivity contribution in [2.75, 3.05) is 25.0 Å². The Kier molecular flexibility index (Phi) is 5.98. The summed E-state index contributed by atoms with van der Waals surface area (Å²) in [5.41, 5.74) is -0.0623. The number of halogens is 3. The fourth-order valence-electron chi connectivity index (χ4n) is 4.33. The van der Waals surface area contributed by atoms with Gasteiger partial charge in [0.05, 0.1) is 34.5 Å². The number of carbonyl (C=O) groups is 3. The second-order valence-electron chi connectivity index (χ2n) is 8.16. The van der Waals surface area contributed by atoms with Gasteiger partial charge in [0.25, 0.3) is 5.91 Å². The van der Waals surface area contributed by atoms with Gasteiger partial charge in [0.15, 0.2) is 0 Å². The first kappa shape index (κ1) is 23.8. The number of aliphatic carboxylic acids is 1. The Hall–Kier alpha value is -4.33. The Morgan fingerprint density at radius 2 is 1.86 bits per heavy atom. The predicted molar refractivity (Wildman–Crippen MR) is 117 cm³/mol. The lowest BCUT2D eigenvalue weighted by Gasteiger charge is -2.46. The fourth-order valence-corrected chi connectivity index (χ4v) is 4.33. The maximum atomic E-state index is 13.7. The van der Waals surface area contributed by atoms with Crippen molar-refractivity contribution >= 4 is 23.6 Å². The number of rotatable bonds is 4. The first-order chi connectivity index (χ1) is 16.5. The molecule has 35 heavy (non-hydrogen) atoms. The molecule has 0 spiro atoms. The van der Waals surface area contributed by atoms with Gasteiger partial charge in [0.2, 0.25) is 0 Å². The van der Waals surface area contributed by atoms with Crippen LogP contribution >= 0.6 is 0 Å². The molecule has 0 aromatic heterocycles. The number of anilines is 1. The number of nitriles is 1. The van der Waals surface area contributed by atoms with Crippen LogP contribution < -0.4 is 4.90 Å². The zero-order chi connectivity index (χ0) is 25.5. The first-order valence-corrected chi connectivity index (χ1v) is 10.5. The SMILES string of the molecule is CN1CCC2=C(C1=O)C(c1ccc(C#N)cc1)N(CC(=O)O)C(=O)N2c1cccc(C(F)(F)F)c1. The lowest BCUT2D eigenvalue weighted by molar-refractivity contribution is -0.138. The van der Waals surface area contributed by atoms with E-state index in [4.69, 9.17) is 5.26 Å². The number of hydrogen-bond donors (Lipinski definition) is 1. The number of carbonyl (C=O) groups excluding carboxylic acids is 2. The summed E-state index contributed by atoms with van der Waals surface area (Å²) in [6.07, 6.45) is -4.49. The van der Waals surface area contributed by atoms with Crippen LogP contribution in [0.3, 0.4) is 0 Å². The van der Waals surface area contributed by atoms with Crippen LogP contribution in [0.2, 0.25) is 0 Å². The summed E-state index contributed by atoms with van der Waals surface area (Å²) in [6.45, 7) is -0.577. The molecule has 0 aliphatic carbocycles. The van der Waals surface area contributed by atoms with Gasteiger partial charge in [-0.15, -0.1) is 0 Å². The van der Waals surface area contributed by atoms with Gasteiger partial charge in [-0.25, -0.2) is 4.79 Å². The number of benzene rings is 2. The number of likely N-dealkylation sites (N-methyl/N-ethyl adjacent to an activating group) is 1. The molecule has 2 heterocycles. The lowest BCUT2D eigenvalue weighted by atomic mass is 9.88. The molecule has 2 aliphatic heterocycles. The number of carboxylic acids is 1. The second-order valence-corrected chi connectivity index (χ2v) is 8.16. The standard InChI is InChI=1S/C24H19F3N4O4/c1-29-10-9-18-20(22(29)34)21(15-7-5-14(12-28)6-8-15)30(13-19(32)33)23(35)31(18)17-4-2-3-16(11-17)24(25,26)27/h2-8,11,21H,9-10,13H2,1H3,(H,32,33). The summed E-state index contributed by atoms with van der Waals surface area (Å²) in [6, 6.07) is 10.1. The monoisotopic (exact) mass is 484 g/mol. The van der Waals surface area contributed by atoms with Gasteiger partial charge in [-0.1, -0.05) is 18.2 Å². The molecule has 1 N–H and O–H groups in total. The van der Waals surface area contributed by atoms with Gasteiger partial charge in [-0.3, -0.25) is 14.5 Å². The highest BCUT2D eigenvalue weighted by Crippen LogP contribution is 2.43. The summed E-state index contributed by atoms with van der Waals surface area (Å²) in [5.74, 6) is -1.83. The fraction of sp³-hybridized carbons (Fsp3) is 0.250. The highest BCUT2D eigenvalue weighted by Gasteiger charge is 2.46. The number of urea groups is 1. The van der Waals surface area contributed by atoms with Gasteiger partial charge >= 0.3 is 18.2 Å². The molecule has 1 unspecified atom stereocenters. The summed E-state index contributed by atoms with van der Waals surface area (Å²) in [5, 5.41) is 18.6. The Morgan fingerprint density at radius 1 is 1.17 bits per heavy atom. The van der Waals surface area contributed by atoms with Crippen molar-refractivity contribution in [1.29, 1.82) is 5.26 Å². The Bertz CT molecular complexity index is 1280. The molecule has 180 valence electrons. The molecule has 1 atom stereocenters. The number of carboxylic acid groups (broad SMARTS) is 1. The van der Waals surface area contributed by atoms with E-state index in [0.29, 0.717) is 11.1 Å². The molecule has 11 heteroatoms. The average molecular weight is 484 g/mol. The van der Waals surface area contributed by atoms with E-state index >= 15 is 0 Å². The molecule has 0 saturated heterocycles. The van der Waals surface area contributed by atoms with Gasteiger partial charge < -0.3 is 14.9 Å². The minimum Gasteiger partial charge on any atom is -0.480 e. The molecular weight excluding hydrogens is 465 g/mol. The Labute approximate surface area is 198 Å². The molecule has 0 bridgehead atoms. The minimum atomic E-state index is -4.67. The third kappa shape index (κ3) is 4.30. The van der Waals surface area contributed by atoms with E-state index < -0.39 is 42.2 Å². The van der Waals surface area contributed by atoms with Crippen LogP contribution in [-0.2, 0) is 15.8 Å². The van der Waals surface area contributed by atoms with Crippen LogP contribution in [0.1, 0.15) is 29.2 Å². The van der Waals surface area contributed by atoms with E-state index in [0.717, 1.165) is 28.0 Å². The lowest BCUT2D eigenvalue weighted by Crippen LogP contribution is -2.55. The molecule has 0 fully saturated rings. The van der Waals surface area contributed by atoms with Crippen molar-refractivity contribution in [2.24, 2.45) is 0 Å². The molecule has 8 nitrogen and oxygen atoms in total. The highest BCUT2D eigenvalue weighted by molar-refractivity contribution is 6.06. The summed E-state index contributed by atoms with van der Waals surface area (Å²) < 4.78 is 40.2.